The molecule has 0 bridgehead atoms. The molecule has 3 aromatic carbocycles. The molecule has 0 atom stereocenters. The largest absolute Gasteiger partial charge is 0.488 e. The third-order valence-corrected chi connectivity index (χ3v) is 6.96. The fourth-order valence-corrected chi connectivity index (χ4v) is 4.68. The normalized spacial score (nSPS) is 15.9. The summed E-state index contributed by atoms with van der Waals surface area (Å²) in [5.74, 6) is 0.0869. The van der Waals surface area contributed by atoms with Crippen molar-refractivity contribution in [3.05, 3.63) is 96.1 Å². The molecule has 1 aliphatic heterocycles. The summed E-state index contributed by atoms with van der Waals surface area (Å²) in [6.07, 6.45) is 1.77. The van der Waals surface area contributed by atoms with Gasteiger partial charge in [0.2, 0.25) is 0 Å². The van der Waals surface area contributed by atoms with Gasteiger partial charge in [-0.2, -0.15) is 0 Å². The molecule has 0 spiro atoms. The van der Waals surface area contributed by atoms with E-state index in [1.807, 2.05) is 12.1 Å². The third kappa shape index (κ3) is 5.46. The highest BCUT2D eigenvalue weighted by molar-refractivity contribution is 14.1. The first-order valence-electron chi connectivity index (χ1n) is 9.30. The molecule has 1 saturated heterocycles. The van der Waals surface area contributed by atoms with Gasteiger partial charge in [-0.3, -0.25) is 4.79 Å². The number of benzene rings is 3. The van der Waals surface area contributed by atoms with Crippen LogP contribution in [0.25, 0.3) is 6.08 Å². The molecular formula is C23H14Cl2FIN2O2S. The number of amides is 1. The van der Waals surface area contributed by atoms with Crippen molar-refractivity contribution in [2.45, 2.75) is 6.61 Å². The van der Waals surface area contributed by atoms with Gasteiger partial charge in [-0.1, -0.05) is 53.5 Å². The Morgan fingerprint density at radius 2 is 1.94 bits per heavy atom. The van der Waals surface area contributed by atoms with Crippen LogP contribution in [-0.4, -0.2) is 11.1 Å². The van der Waals surface area contributed by atoms with Crippen LogP contribution in [0.1, 0.15) is 11.1 Å². The van der Waals surface area contributed by atoms with E-state index in [9.17, 15) is 9.18 Å². The molecular weight excluding hydrogens is 585 g/mol. The maximum atomic E-state index is 13.8. The SMILES string of the molecule is O=C1NC(=Nc2cccc(Cl)c2Cl)S/C1=C/c1ccc(OCc2ccccc2F)c(I)c1. The van der Waals surface area contributed by atoms with Crippen LogP contribution in [0.4, 0.5) is 10.1 Å². The summed E-state index contributed by atoms with van der Waals surface area (Å²) in [6, 6.07) is 17.2. The highest BCUT2D eigenvalue weighted by Gasteiger charge is 2.24. The molecule has 1 fully saturated rings. The predicted molar refractivity (Wildman–Crippen MR) is 137 cm³/mol. The number of hydrogen-bond acceptors (Lipinski definition) is 4. The van der Waals surface area contributed by atoms with Crippen LogP contribution in [0.15, 0.2) is 70.6 Å². The zero-order valence-corrected chi connectivity index (χ0v) is 20.7. The Morgan fingerprint density at radius 3 is 2.72 bits per heavy atom. The molecule has 4 nitrogen and oxygen atoms in total. The van der Waals surface area contributed by atoms with E-state index >= 15 is 0 Å². The maximum Gasteiger partial charge on any atom is 0.264 e. The summed E-state index contributed by atoms with van der Waals surface area (Å²) in [5, 5.41) is 3.87. The molecule has 3 aromatic rings. The number of carbonyl (C=O) groups is 1. The molecule has 162 valence electrons. The Kier molecular flexibility index (Phi) is 7.40. The number of ether oxygens (including phenoxy) is 1. The molecule has 4 rings (SSSR count). The quantitative estimate of drug-likeness (QED) is 0.249. The van der Waals surface area contributed by atoms with E-state index in [2.05, 4.69) is 32.9 Å². The van der Waals surface area contributed by atoms with Gasteiger partial charge in [0, 0.05) is 5.56 Å². The zero-order chi connectivity index (χ0) is 22.7. The van der Waals surface area contributed by atoms with Crippen molar-refractivity contribution in [1.29, 1.82) is 0 Å². The Balaban J connectivity index is 1.48. The van der Waals surface area contributed by atoms with Crippen LogP contribution in [0, 0.1) is 9.39 Å². The molecule has 1 amide bonds. The second-order valence-corrected chi connectivity index (χ2v) is 9.60. The summed E-state index contributed by atoms with van der Waals surface area (Å²) in [5.41, 5.74) is 1.79. The number of hydrogen-bond donors (Lipinski definition) is 1. The fourth-order valence-electron chi connectivity index (χ4n) is 2.81. The topological polar surface area (TPSA) is 50.7 Å². The summed E-state index contributed by atoms with van der Waals surface area (Å²) >= 11 is 15.6. The van der Waals surface area contributed by atoms with E-state index < -0.39 is 0 Å². The average molecular weight is 599 g/mol. The standard InChI is InChI=1S/C23H14Cl2FIN2O2S/c24-15-5-3-7-18(21(15)25)28-23-29-22(30)20(32-23)11-13-8-9-19(17(27)10-13)31-12-14-4-1-2-6-16(14)26/h1-11H,12H2,(H,28,29,30)/b20-11+. The van der Waals surface area contributed by atoms with Crippen molar-refractivity contribution in [2.75, 3.05) is 0 Å². The Morgan fingerprint density at radius 1 is 1.12 bits per heavy atom. The summed E-state index contributed by atoms with van der Waals surface area (Å²) in [4.78, 5) is 17.3. The van der Waals surface area contributed by atoms with Crippen LogP contribution in [0.2, 0.25) is 10.0 Å². The lowest BCUT2D eigenvalue weighted by molar-refractivity contribution is -0.115. The number of nitrogens with zero attached hydrogens (tertiary/aromatic N) is 1. The van der Waals surface area contributed by atoms with Crippen molar-refractivity contribution in [3.63, 3.8) is 0 Å². The maximum absolute atomic E-state index is 13.8. The highest BCUT2D eigenvalue weighted by atomic mass is 127. The number of thioether (sulfide) groups is 1. The molecule has 0 aromatic heterocycles. The molecule has 0 radical (unpaired) electrons. The summed E-state index contributed by atoms with van der Waals surface area (Å²) < 4.78 is 20.4. The number of rotatable bonds is 5. The molecule has 32 heavy (non-hydrogen) atoms. The van der Waals surface area contributed by atoms with Gasteiger partial charge in [0.25, 0.3) is 5.91 Å². The minimum absolute atomic E-state index is 0.132. The van der Waals surface area contributed by atoms with Crippen LogP contribution in [0.5, 0.6) is 5.75 Å². The minimum Gasteiger partial charge on any atom is -0.488 e. The van der Waals surface area contributed by atoms with Gasteiger partial charge in [-0.25, -0.2) is 9.38 Å². The summed E-state index contributed by atoms with van der Waals surface area (Å²) in [6.45, 7) is 0.132. The van der Waals surface area contributed by atoms with E-state index in [0.29, 0.717) is 37.1 Å². The van der Waals surface area contributed by atoms with Crippen molar-refractivity contribution < 1.29 is 13.9 Å². The third-order valence-electron chi connectivity index (χ3n) is 4.40. The Hall–Kier alpha value is -2.07. The van der Waals surface area contributed by atoms with Crippen molar-refractivity contribution in [3.8, 4) is 5.75 Å². The highest BCUT2D eigenvalue weighted by Crippen LogP contribution is 2.35. The number of amidine groups is 1. The van der Waals surface area contributed by atoms with Gasteiger partial charge in [-0.05, 0) is 76.3 Å². The first kappa shape index (κ1) is 23.1. The number of aliphatic imine (C=N–C) groups is 1. The lowest BCUT2D eigenvalue weighted by Gasteiger charge is -2.09. The molecule has 0 saturated carbocycles. The number of nitrogens with one attached hydrogen (secondary N) is 1. The number of carbonyl (C=O) groups excluding carboxylic acids is 1. The van der Waals surface area contributed by atoms with Gasteiger partial charge in [0.15, 0.2) is 5.17 Å². The van der Waals surface area contributed by atoms with Gasteiger partial charge in [0.05, 0.1) is 24.2 Å². The fraction of sp³-hybridized carbons (Fsp3) is 0.0435. The van der Waals surface area contributed by atoms with Crippen molar-refractivity contribution in [1.82, 2.24) is 5.32 Å². The van der Waals surface area contributed by atoms with Crippen LogP contribution < -0.4 is 10.1 Å². The van der Waals surface area contributed by atoms with Crippen molar-refractivity contribution in [2.24, 2.45) is 4.99 Å². The Bertz CT molecular complexity index is 1270. The van der Waals surface area contributed by atoms with Crippen LogP contribution >= 0.6 is 57.6 Å². The monoisotopic (exact) mass is 598 g/mol. The second kappa shape index (κ2) is 10.2. The summed E-state index contributed by atoms with van der Waals surface area (Å²) in [7, 11) is 0. The van der Waals surface area contributed by atoms with E-state index in [4.69, 9.17) is 27.9 Å². The number of halogens is 4. The Labute approximate surface area is 212 Å². The molecule has 9 heteroatoms. The molecule has 1 N–H and O–H groups in total. The van der Waals surface area contributed by atoms with Gasteiger partial charge in [-0.15, -0.1) is 0 Å². The second-order valence-electron chi connectivity index (χ2n) is 6.62. The molecule has 0 aliphatic carbocycles. The zero-order valence-electron chi connectivity index (χ0n) is 16.2. The lowest BCUT2D eigenvalue weighted by Crippen LogP contribution is -2.19. The van der Waals surface area contributed by atoms with Gasteiger partial charge in [0.1, 0.15) is 18.2 Å². The minimum atomic E-state index is -0.301. The lowest BCUT2D eigenvalue weighted by atomic mass is 10.2. The van der Waals surface area contributed by atoms with E-state index in [1.54, 1.807) is 48.5 Å². The van der Waals surface area contributed by atoms with Crippen molar-refractivity contribution >= 4 is 80.4 Å². The predicted octanol–water partition coefficient (Wildman–Crippen LogP) is 7.21. The van der Waals surface area contributed by atoms with E-state index in [-0.39, 0.29) is 18.3 Å². The molecule has 1 aliphatic rings. The van der Waals surface area contributed by atoms with E-state index in [0.717, 1.165) is 9.13 Å². The smallest absolute Gasteiger partial charge is 0.264 e. The van der Waals surface area contributed by atoms with Crippen LogP contribution in [0.3, 0.4) is 0 Å². The van der Waals surface area contributed by atoms with E-state index in [1.165, 1.54) is 17.8 Å². The van der Waals surface area contributed by atoms with Gasteiger partial charge >= 0.3 is 0 Å². The molecule has 0 unspecified atom stereocenters. The first-order chi connectivity index (χ1) is 15.4. The van der Waals surface area contributed by atoms with Crippen LogP contribution in [-0.2, 0) is 11.4 Å². The molecule has 1 heterocycles. The first-order valence-corrected chi connectivity index (χ1v) is 11.9. The van der Waals surface area contributed by atoms with Gasteiger partial charge < -0.3 is 10.1 Å². The average Bonchev–Trinajstić information content (AvgIpc) is 3.10.